The Hall–Kier alpha value is -1.99. The summed E-state index contributed by atoms with van der Waals surface area (Å²) in [7, 11) is 0. The van der Waals surface area contributed by atoms with Crippen molar-refractivity contribution in [2.45, 2.75) is 45.1 Å². The van der Waals surface area contributed by atoms with Crippen molar-refractivity contribution in [2.75, 3.05) is 31.1 Å². The lowest BCUT2D eigenvalue weighted by Crippen LogP contribution is -2.46. The fourth-order valence-electron chi connectivity index (χ4n) is 4.34. The van der Waals surface area contributed by atoms with Gasteiger partial charge in [-0.3, -0.25) is 0 Å². The standard InChI is InChI=1S/C20H25N5OS/c1-14-21-17-13-15(5-6-18(17)26-14)19-22-23-20(27-19)25-11-7-16(8-12-25)24-9-3-2-4-10-24/h5-6,13,16H,2-4,7-12H2,1H3. The van der Waals surface area contributed by atoms with Crippen LogP contribution in [0.15, 0.2) is 22.6 Å². The van der Waals surface area contributed by atoms with Gasteiger partial charge in [0.25, 0.3) is 0 Å². The zero-order chi connectivity index (χ0) is 18.2. The molecule has 0 radical (unpaired) electrons. The fraction of sp³-hybridized carbons (Fsp3) is 0.550. The van der Waals surface area contributed by atoms with Crippen molar-refractivity contribution in [3.05, 3.63) is 24.1 Å². The third-order valence-electron chi connectivity index (χ3n) is 5.80. The second-order valence-corrected chi connectivity index (χ2v) is 8.58. The van der Waals surface area contributed by atoms with Crippen LogP contribution in [0, 0.1) is 6.92 Å². The minimum Gasteiger partial charge on any atom is -0.441 e. The Balaban J connectivity index is 1.27. The van der Waals surface area contributed by atoms with Gasteiger partial charge in [-0.2, -0.15) is 0 Å². The van der Waals surface area contributed by atoms with Gasteiger partial charge in [-0.1, -0.05) is 17.8 Å². The second kappa shape index (κ2) is 7.20. The summed E-state index contributed by atoms with van der Waals surface area (Å²) in [4.78, 5) is 9.54. The van der Waals surface area contributed by atoms with E-state index in [1.165, 1.54) is 45.2 Å². The summed E-state index contributed by atoms with van der Waals surface area (Å²) < 4.78 is 5.56. The smallest absolute Gasteiger partial charge is 0.208 e. The summed E-state index contributed by atoms with van der Waals surface area (Å²) in [5, 5.41) is 10.9. The first-order valence-electron chi connectivity index (χ1n) is 9.96. The van der Waals surface area contributed by atoms with Crippen LogP contribution in [0.1, 0.15) is 38.0 Å². The molecule has 4 heterocycles. The Bertz CT molecular complexity index is 921. The molecule has 3 aromatic rings. The Labute approximate surface area is 163 Å². The van der Waals surface area contributed by atoms with Crippen molar-refractivity contribution in [1.82, 2.24) is 20.1 Å². The molecule has 2 saturated heterocycles. The SMILES string of the molecule is Cc1nc2cc(-c3nnc(N4CCC(N5CCCCC5)CC4)s3)ccc2o1. The van der Waals surface area contributed by atoms with Crippen molar-refractivity contribution in [2.24, 2.45) is 0 Å². The maximum atomic E-state index is 5.56. The predicted octanol–water partition coefficient (Wildman–Crippen LogP) is 4.11. The highest BCUT2D eigenvalue weighted by Crippen LogP contribution is 2.32. The van der Waals surface area contributed by atoms with Crippen LogP contribution < -0.4 is 4.90 Å². The number of rotatable bonds is 3. The number of nitrogens with zero attached hydrogens (tertiary/aromatic N) is 5. The summed E-state index contributed by atoms with van der Waals surface area (Å²) in [6.45, 7) is 6.61. The van der Waals surface area contributed by atoms with E-state index in [1.807, 2.05) is 25.1 Å². The molecule has 2 aliphatic heterocycles. The van der Waals surface area contributed by atoms with Crippen LogP contribution in [0.3, 0.4) is 0 Å². The third-order valence-corrected chi connectivity index (χ3v) is 6.83. The third kappa shape index (κ3) is 3.46. The first kappa shape index (κ1) is 17.1. The number of hydrogen-bond donors (Lipinski definition) is 0. The molecular weight excluding hydrogens is 358 g/mol. The molecule has 0 amide bonds. The molecule has 6 nitrogen and oxygen atoms in total. The Kier molecular flexibility index (Phi) is 4.57. The lowest BCUT2D eigenvalue weighted by Gasteiger charge is -2.40. The molecular formula is C20H25N5OS. The van der Waals surface area contributed by atoms with Gasteiger partial charge < -0.3 is 14.2 Å². The van der Waals surface area contributed by atoms with Crippen LogP contribution in [0.4, 0.5) is 5.13 Å². The quantitative estimate of drug-likeness (QED) is 0.678. The van der Waals surface area contributed by atoms with Crippen LogP contribution in [0.5, 0.6) is 0 Å². The molecule has 7 heteroatoms. The van der Waals surface area contributed by atoms with Gasteiger partial charge in [-0.05, 0) is 57.0 Å². The largest absolute Gasteiger partial charge is 0.441 e. The molecule has 142 valence electrons. The van der Waals surface area contributed by atoms with Crippen LogP contribution in [-0.4, -0.2) is 52.3 Å². The summed E-state index contributed by atoms with van der Waals surface area (Å²) in [6.07, 6.45) is 6.62. The average molecular weight is 384 g/mol. The number of aromatic nitrogens is 3. The Morgan fingerprint density at radius 3 is 2.67 bits per heavy atom. The number of aryl methyl sites for hydroxylation is 1. The van der Waals surface area contributed by atoms with Crippen molar-refractivity contribution < 1.29 is 4.42 Å². The normalized spacial score (nSPS) is 19.8. The summed E-state index contributed by atoms with van der Waals surface area (Å²) >= 11 is 1.68. The number of benzene rings is 1. The van der Waals surface area contributed by atoms with Gasteiger partial charge in [0.15, 0.2) is 11.5 Å². The highest BCUT2D eigenvalue weighted by molar-refractivity contribution is 7.18. The molecule has 2 aromatic heterocycles. The maximum Gasteiger partial charge on any atom is 0.208 e. The molecule has 1 aromatic carbocycles. The van der Waals surface area contributed by atoms with Crippen molar-refractivity contribution >= 4 is 27.6 Å². The number of fused-ring (bicyclic) bond motifs is 1. The molecule has 0 atom stereocenters. The highest BCUT2D eigenvalue weighted by atomic mass is 32.1. The minimum atomic E-state index is 0.691. The molecule has 2 aliphatic rings. The van der Waals surface area contributed by atoms with Gasteiger partial charge in [0, 0.05) is 31.6 Å². The topological polar surface area (TPSA) is 58.3 Å². The molecule has 0 spiro atoms. The van der Waals surface area contributed by atoms with Gasteiger partial charge in [-0.25, -0.2) is 4.98 Å². The molecule has 27 heavy (non-hydrogen) atoms. The van der Waals surface area contributed by atoms with E-state index in [0.717, 1.165) is 45.9 Å². The first-order valence-corrected chi connectivity index (χ1v) is 10.8. The summed E-state index contributed by atoms with van der Waals surface area (Å²) in [5.41, 5.74) is 2.76. The van der Waals surface area contributed by atoms with Crippen molar-refractivity contribution in [3.63, 3.8) is 0 Å². The highest BCUT2D eigenvalue weighted by Gasteiger charge is 2.27. The van der Waals surface area contributed by atoms with Gasteiger partial charge >= 0.3 is 0 Å². The van der Waals surface area contributed by atoms with E-state index in [9.17, 15) is 0 Å². The molecule has 0 aliphatic carbocycles. The van der Waals surface area contributed by atoms with Crippen LogP contribution in [-0.2, 0) is 0 Å². The zero-order valence-electron chi connectivity index (χ0n) is 15.7. The van der Waals surface area contributed by atoms with E-state index in [2.05, 4.69) is 25.0 Å². The number of hydrogen-bond acceptors (Lipinski definition) is 7. The van der Waals surface area contributed by atoms with E-state index in [4.69, 9.17) is 4.42 Å². The monoisotopic (exact) mass is 383 g/mol. The van der Waals surface area contributed by atoms with Gasteiger partial charge in [0.1, 0.15) is 10.5 Å². The van der Waals surface area contributed by atoms with Crippen molar-refractivity contribution in [1.29, 1.82) is 0 Å². The van der Waals surface area contributed by atoms with E-state index in [1.54, 1.807) is 11.3 Å². The lowest BCUT2D eigenvalue weighted by atomic mass is 10.0. The predicted molar refractivity (Wildman–Crippen MR) is 108 cm³/mol. The van der Waals surface area contributed by atoms with E-state index in [-0.39, 0.29) is 0 Å². The van der Waals surface area contributed by atoms with E-state index < -0.39 is 0 Å². The molecule has 0 N–H and O–H groups in total. The molecule has 0 bridgehead atoms. The average Bonchev–Trinajstić information content (AvgIpc) is 3.34. The van der Waals surface area contributed by atoms with Gasteiger partial charge in [-0.15, -0.1) is 10.2 Å². The van der Waals surface area contributed by atoms with E-state index in [0.29, 0.717) is 5.89 Å². The molecule has 0 saturated carbocycles. The Morgan fingerprint density at radius 1 is 1.04 bits per heavy atom. The second-order valence-electron chi connectivity index (χ2n) is 7.62. The molecule has 2 fully saturated rings. The molecule has 5 rings (SSSR count). The van der Waals surface area contributed by atoms with Crippen LogP contribution in [0.25, 0.3) is 21.7 Å². The number of anilines is 1. The van der Waals surface area contributed by atoms with Gasteiger partial charge in [0.2, 0.25) is 5.13 Å². The Morgan fingerprint density at radius 2 is 1.85 bits per heavy atom. The summed E-state index contributed by atoms with van der Waals surface area (Å²) in [6, 6.07) is 6.81. The molecule has 0 unspecified atom stereocenters. The number of oxazole rings is 1. The zero-order valence-corrected chi connectivity index (χ0v) is 16.5. The van der Waals surface area contributed by atoms with Crippen LogP contribution >= 0.6 is 11.3 Å². The van der Waals surface area contributed by atoms with Gasteiger partial charge in [0.05, 0.1) is 0 Å². The van der Waals surface area contributed by atoms with E-state index >= 15 is 0 Å². The number of piperidine rings is 2. The number of likely N-dealkylation sites (tertiary alicyclic amines) is 1. The first-order chi connectivity index (χ1) is 13.3. The minimum absolute atomic E-state index is 0.691. The van der Waals surface area contributed by atoms with Crippen LogP contribution in [0.2, 0.25) is 0 Å². The van der Waals surface area contributed by atoms with Crippen molar-refractivity contribution in [3.8, 4) is 10.6 Å². The maximum absolute atomic E-state index is 5.56. The lowest BCUT2D eigenvalue weighted by molar-refractivity contribution is 0.141. The summed E-state index contributed by atoms with van der Waals surface area (Å²) in [5.74, 6) is 0.691. The fourth-order valence-corrected chi connectivity index (χ4v) is 5.23.